The van der Waals surface area contributed by atoms with E-state index in [1.165, 1.54) is 0 Å². The van der Waals surface area contributed by atoms with Crippen molar-refractivity contribution in [2.45, 2.75) is 13.8 Å². The molecule has 78 valence electrons. The molecule has 1 aromatic carbocycles. The van der Waals surface area contributed by atoms with E-state index in [1.807, 2.05) is 32.0 Å². The van der Waals surface area contributed by atoms with E-state index in [0.717, 1.165) is 34.3 Å². The van der Waals surface area contributed by atoms with E-state index in [1.54, 1.807) is 11.7 Å². The summed E-state index contributed by atoms with van der Waals surface area (Å²) in [5, 5.41) is 1.07. The Morgan fingerprint density at radius 1 is 1.33 bits per heavy atom. The van der Waals surface area contributed by atoms with Gasteiger partial charge in [-0.2, -0.15) is 0 Å². The van der Waals surface area contributed by atoms with Crippen molar-refractivity contribution in [3.8, 4) is 5.75 Å². The van der Waals surface area contributed by atoms with Gasteiger partial charge < -0.3 is 4.74 Å². The lowest BCUT2D eigenvalue weighted by Gasteiger charge is -2.00. The Morgan fingerprint density at radius 3 is 2.67 bits per heavy atom. The second-order valence-corrected chi connectivity index (χ2v) is 3.57. The van der Waals surface area contributed by atoms with Crippen LogP contribution in [0.25, 0.3) is 10.9 Å². The first-order chi connectivity index (χ1) is 7.19. The van der Waals surface area contributed by atoms with Crippen LogP contribution in [0.15, 0.2) is 18.2 Å². The summed E-state index contributed by atoms with van der Waals surface area (Å²) in [7, 11) is 1.64. The van der Waals surface area contributed by atoms with Crippen LogP contribution in [0.4, 0.5) is 0 Å². The van der Waals surface area contributed by atoms with Gasteiger partial charge in [-0.3, -0.25) is 9.36 Å². The van der Waals surface area contributed by atoms with Crippen LogP contribution in [-0.2, 0) is 4.79 Å². The van der Waals surface area contributed by atoms with Crippen molar-refractivity contribution in [2.75, 3.05) is 7.11 Å². The first kappa shape index (κ1) is 9.77. The molecule has 0 N–H and O–H groups in total. The SMILES string of the molecule is COc1ccc2c(c1)c(C)c(C)n2C=O. The van der Waals surface area contributed by atoms with E-state index >= 15 is 0 Å². The molecule has 0 saturated heterocycles. The second kappa shape index (κ2) is 3.42. The van der Waals surface area contributed by atoms with Gasteiger partial charge in [0, 0.05) is 11.1 Å². The predicted molar refractivity (Wildman–Crippen MR) is 60.1 cm³/mol. The van der Waals surface area contributed by atoms with Crippen LogP contribution in [-0.4, -0.2) is 18.1 Å². The molecule has 0 saturated carbocycles. The van der Waals surface area contributed by atoms with Crippen molar-refractivity contribution >= 4 is 17.3 Å². The summed E-state index contributed by atoms with van der Waals surface area (Å²) in [4.78, 5) is 10.9. The lowest BCUT2D eigenvalue weighted by Crippen LogP contribution is -1.96. The van der Waals surface area contributed by atoms with Gasteiger partial charge in [0.15, 0.2) is 0 Å². The Kier molecular flexibility index (Phi) is 2.23. The van der Waals surface area contributed by atoms with Crippen LogP contribution in [0.1, 0.15) is 11.3 Å². The third-order valence-electron chi connectivity index (χ3n) is 2.88. The third kappa shape index (κ3) is 1.31. The highest BCUT2D eigenvalue weighted by Crippen LogP contribution is 2.27. The molecular formula is C12H13NO2. The average molecular weight is 203 g/mol. The molecule has 0 fully saturated rings. The molecule has 0 atom stereocenters. The van der Waals surface area contributed by atoms with Crippen molar-refractivity contribution < 1.29 is 9.53 Å². The molecule has 3 heteroatoms. The van der Waals surface area contributed by atoms with Crippen LogP contribution in [0.2, 0.25) is 0 Å². The number of fused-ring (bicyclic) bond motifs is 1. The normalized spacial score (nSPS) is 10.6. The van der Waals surface area contributed by atoms with Gasteiger partial charge in [-0.05, 0) is 37.6 Å². The number of hydrogen-bond donors (Lipinski definition) is 0. The summed E-state index contributed by atoms with van der Waals surface area (Å²) in [6, 6.07) is 5.72. The first-order valence-corrected chi connectivity index (χ1v) is 4.79. The number of aromatic nitrogens is 1. The number of nitrogens with zero attached hydrogens (tertiary/aromatic N) is 1. The Labute approximate surface area is 88.3 Å². The van der Waals surface area contributed by atoms with Gasteiger partial charge in [-0.15, -0.1) is 0 Å². The Bertz CT molecular complexity index is 526. The summed E-state index contributed by atoms with van der Waals surface area (Å²) >= 11 is 0. The van der Waals surface area contributed by atoms with Gasteiger partial charge in [0.1, 0.15) is 5.75 Å². The molecule has 0 spiro atoms. The van der Waals surface area contributed by atoms with Crippen molar-refractivity contribution in [1.29, 1.82) is 0 Å². The number of carbonyl (C=O) groups excluding carboxylic acids is 1. The molecule has 1 heterocycles. The maximum atomic E-state index is 10.9. The topological polar surface area (TPSA) is 31.2 Å². The van der Waals surface area contributed by atoms with Gasteiger partial charge >= 0.3 is 0 Å². The zero-order valence-electron chi connectivity index (χ0n) is 9.07. The fourth-order valence-corrected chi connectivity index (χ4v) is 1.84. The maximum absolute atomic E-state index is 10.9. The molecule has 3 nitrogen and oxygen atoms in total. The minimum absolute atomic E-state index is 0.814. The standard InChI is InChI=1S/C12H13NO2/c1-8-9(2)13(7-14)12-5-4-10(15-3)6-11(8)12/h4-7H,1-3H3. The smallest absolute Gasteiger partial charge is 0.218 e. The van der Waals surface area contributed by atoms with Crippen LogP contribution >= 0.6 is 0 Å². The molecule has 0 aliphatic rings. The summed E-state index contributed by atoms with van der Waals surface area (Å²) in [6.07, 6.45) is 0.844. The molecule has 2 aromatic rings. The molecule has 2 rings (SSSR count). The minimum Gasteiger partial charge on any atom is -0.497 e. The summed E-state index contributed by atoms with van der Waals surface area (Å²) in [6.45, 7) is 3.95. The van der Waals surface area contributed by atoms with Gasteiger partial charge in [-0.1, -0.05) is 0 Å². The first-order valence-electron chi connectivity index (χ1n) is 4.79. The number of ether oxygens (including phenoxy) is 1. The fourth-order valence-electron chi connectivity index (χ4n) is 1.84. The molecule has 0 aliphatic carbocycles. The molecule has 0 amide bonds. The molecule has 0 aliphatic heterocycles. The van der Waals surface area contributed by atoms with E-state index < -0.39 is 0 Å². The fraction of sp³-hybridized carbons (Fsp3) is 0.250. The van der Waals surface area contributed by atoms with Crippen molar-refractivity contribution in [1.82, 2.24) is 4.57 Å². The third-order valence-corrected chi connectivity index (χ3v) is 2.88. The van der Waals surface area contributed by atoms with Crippen LogP contribution in [0, 0.1) is 13.8 Å². The Morgan fingerprint density at radius 2 is 2.07 bits per heavy atom. The van der Waals surface area contributed by atoms with E-state index in [4.69, 9.17) is 4.74 Å². The largest absolute Gasteiger partial charge is 0.497 e. The second-order valence-electron chi connectivity index (χ2n) is 3.57. The lowest BCUT2D eigenvalue weighted by molar-refractivity contribution is 0.415. The van der Waals surface area contributed by atoms with Crippen LogP contribution < -0.4 is 4.74 Å². The molecule has 15 heavy (non-hydrogen) atoms. The summed E-state index contributed by atoms with van der Waals surface area (Å²) in [5.74, 6) is 0.814. The highest BCUT2D eigenvalue weighted by atomic mass is 16.5. The average Bonchev–Trinajstić information content (AvgIpc) is 2.51. The molecular weight excluding hydrogens is 190 g/mol. The molecule has 1 aromatic heterocycles. The van der Waals surface area contributed by atoms with Gasteiger partial charge in [-0.25, -0.2) is 0 Å². The predicted octanol–water partition coefficient (Wildman–Crippen LogP) is 2.31. The molecule has 0 bridgehead atoms. The minimum atomic E-state index is 0.814. The van der Waals surface area contributed by atoms with Gasteiger partial charge in [0.05, 0.1) is 12.6 Å². The van der Waals surface area contributed by atoms with E-state index in [0.29, 0.717) is 0 Å². The van der Waals surface area contributed by atoms with Gasteiger partial charge in [0.2, 0.25) is 6.41 Å². The van der Waals surface area contributed by atoms with Crippen molar-refractivity contribution in [3.05, 3.63) is 29.5 Å². The van der Waals surface area contributed by atoms with E-state index in [2.05, 4.69) is 0 Å². The van der Waals surface area contributed by atoms with Crippen LogP contribution in [0.5, 0.6) is 5.75 Å². The monoisotopic (exact) mass is 203 g/mol. The number of rotatable bonds is 2. The number of aryl methyl sites for hydroxylation is 1. The zero-order valence-corrected chi connectivity index (χ0v) is 9.07. The van der Waals surface area contributed by atoms with Crippen molar-refractivity contribution in [2.24, 2.45) is 0 Å². The van der Waals surface area contributed by atoms with E-state index in [9.17, 15) is 4.79 Å². The molecule has 0 radical (unpaired) electrons. The zero-order chi connectivity index (χ0) is 11.0. The van der Waals surface area contributed by atoms with Crippen molar-refractivity contribution in [3.63, 3.8) is 0 Å². The molecule has 0 unspecified atom stereocenters. The number of benzene rings is 1. The summed E-state index contributed by atoms with van der Waals surface area (Å²) in [5.41, 5.74) is 3.03. The Balaban J connectivity index is 2.84. The number of carbonyl (C=O) groups is 1. The highest BCUT2D eigenvalue weighted by molar-refractivity contribution is 5.91. The van der Waals surface area contributed by atoms with E-state index in [-0.39, 0.29) is 0 Å². The lowest BCUT2D eigenvalue weighted by atomic mass is 10.1. The number of methoxy groups -OCH3 is 1. The quantitative estimate of drug-likeness (QED) is 0.701. The van der Waals surface area contributed by atoms with Crippen LogP contribution in [0.3, 0.4) is 0 Å². The summed E-state index contributed by atoms with van der Waals surface area (Å²) < 4.78 is 6.82. The van der Waals surface area contributed by atoms with Gasteiger partial charge in [0.25, 0.3) is 0 Å². The Hall–Kier alpha value is -1.77. The number of hydrogen-bond acceptors (Lipinski definition) is 2. The highest BCUT2D eigenvalue weighted by Gasteiger charge is 2.10. The maximum Gasteiger partial charge on any atom is 0.218 e.